The van der Waals surface area contributed by atoms with Crippen LogP contribution in [-0.2, 0) is 0 Å². The Morgan fingerprint density at radius 1 is 0.306 bits per heavy atom. The Kier molecular flexibility index (Phi) is 7.57. The third-order valence-electron chi connectivity index (χ3n) is 12.7. The van der Waals surface area contributed by atoms with Crippen LogP contribution >= 0.6 is 0 Å². The Balaban J connectivity index is 1.13. The molecule has 62 heavy (non-hydrogen) atoms. The van der Waals surface area contributed by atoms with Gasteiger partial charge in [-0.3, -0.25) is 4.57 Å². The number of hydrogen-bond acceptors (Lipinski definition) is 2. The molecule has 3 heterocycles. The lowest BCUT2D eigenvalue weighted by Gasteiger charge is -2.17. The zero-order valence-electron chi connectivity index (χ0n) is 33.6. The molecular formula is C58H36N4. The SMILES string of the molecule is c1ccc(-c2ccc(-c3nc4ccccc4nc3-n3c4cccc(-c5ccc6c7ccccc7n(-c7ccccc7)c6c5)c4c4c5ccccc5ccc43)c3ccccc23)cc1. The molecule has 0 amide bonds. The Morgan fingerprint density at radius 2 is 0.919 bits per heavy atom. The highest BCUT2D eigenvalue weighted by molar-refractivity contribution is 6.25. The lowest BCUT2D eigenvalue weighted by molar-refractivity contribution is 1.08. The maximum atomic E-state index is 5.57. The normalized spacial score (nSPS) is 11.9. The van der Waals surface area contributed by atoms with Crippen molar-refractivity contribution in [2.75, 3.05) is 0 Å². The van der Waals surface area contributed by atoms with E-state index in [-0.39, 0.29) is 0 Å². The first-order valence-electron chi connectivity index (χ1n) is 21.2. The quantitative estimate of drug-likeness (QED) is 0.174. The summed E-state index contributed by atoms with van der Waals surface area (Å²) in [4.78, 5) is 11.1. The highest BCUT2D eigenvalue weighted by Gasteiger charge is 2.24. The van der Waals surface area contributed by atoms with Gasteiger partial charge < -0.3 is 4.57 Å². The molecule has 13 aromatic rings. The van der Waals surface area contributed by atoms with Crippen LogP contribution in [0.3, 0.4) is 0 Å². The van der Waals surface area contributed by atoms with Gasteiger partial charge in [-0.15, -0.1) is 0 Å². The Hall–Kier alpha value is -8.34. The van der Waals surface area contributed by atoms with Crippen LogP contribution in [0.15, 0.2) is 218 Å². The maximum absolute atomic E-state index is 5.57. The number of para-hydroxylation sites is 4. The molecule has 0 saturated heterocycles. The number of rotatable bonds is 5. The molecule has 0 bridgehead atoms. The minimum Gasteiger partial charge on any atom is -0.309 e. The van der Waals surface area contributed by atoms with Crippen LogP contribution in [0.25, 0.3) is 121 Å². The molecule has 0 aliphatic carbocycles. The van der Waals surface area contributed by atoms with Gasteiger partial charge in [-0.05, 0) is 92.3 Å². The van der Waals surface area contributed by atoms with Gasteiger partial charge in [0.15, 0.2) is 5.82 Å². The molecule has 4 nitrogen and oxygen atoms in total. The van der Waals surface area contributed by atoms with Gasteiger partial charge in [-0.25, -0.2) is 9.97 Å². The lowest BCUT2D eigenvalue weighted by Crippen LogP contribution is -2.04. The molecule has 0 saturated carbocycles. The number of aromatic nitrogens is 4. The van der Waals surface area contributed by atoms with Gasteiger partial charge in [0.25, 0.3) is 0 Å². The Bertz CT molecular complexity index is 3920. The van der Waals surface area contributed by atoms with Crippen LogP contribution in [0, 0.1) is 0 Å². The largest absolute Gasteiger partial charge is 0.309 e. The van der Waals surface area contributed by atoms with Crippen LogP contribution in [0.1, 0.15) is 0 Å². The van der Waals surface area contributed by atoms with Crippen LogP contribution in [0.4, 0.5) is 0 Å². The van der Waals surface area contributed by atoms with E-state index < -0.39 is 0 Å². The third-order valence-corrected chi connectivity index (χ3v) is 12.7. The summed E-state index contributed by atoms with van der Waals surface area (Å²) in [6.07, 6.45) is 0. The van der Waals surface area contributed by atoms with E-state index in [1.807, 2.05) is 12.1 Å². The first-order valence-corrected chi connectivity index (χ1v) is 21.2. The van der Waals surface area contributed by atoms with Gasteiger partial charge in [0.05, 0.1) is 33.1 Å². The molecule has 3 aromatic heterocycles. The summed E-state index contributed by atoms with van der Waals surface area (Å²) in [5, 5.41) is 9.56. The number of fused-ring (bicyclic) bond motifs is 10. The fourth-order valence-electron chi connectivity index (χ4n) is 9.99. The zero-order chi connectivity index (χ0) is 40.7. The Labute approximate surface area is 357 Å². The first-order chi connectivity index (χ1) is 30.8. The summed E-state index contributed by atoms with van der Waals surface area (Å²) in [6.45, 7) is 0. The smallest absolute Gasteiger partial charge is 0.165 e. The van der Waals surface area contributed by atoms with E-state index in [1.165, 1.54) is 65.4 Å². The molecule has 288 valence electrons. The summed E-state index contributed by atoms with van der Waals surface area (Å²) in [5.74, 6) is 0.799. The molecule has 0 unspecified atom stereocenters. The van der Waals surface area contributed by atoms with Crippen molar-refractivity contribution in [2.24, 2.45) is 0 Å². The van der Waals surface area contributed by atoms with Crippen molar-refractivity contribution in [3.05, 3.63) is 218 Å². The highest BCUT2D eigenvalue weighted by Crippen LogP contribution is 2.45. The summed E-state index contributed by atoms with van der Waals surface area (Å²) < 4.78 is 4.77. The predicted molar refractivity (Wildman–Crippen MR) is 260 cm³/mol. The maximum Gasteiger partial charge on any atom is 0.165 e. The van der Waals surface area contributed by atoms with E-state index in [0.717, 1.165) is 55.8 Å². The van der Waals surface area contributed by atoms with Crippen molar-refractivity contribution in [1.29, 1.82) is 0 Å². The van der Waals surface area contributed by atoms with E-state index in [1.54, 1.807) is 0 Å². The van der Waals surface area contributed by atoms with Gasteiger partial charge in [0.2, 0.25) is 0 Å². The number of hydrogen-bond donors (Lipinski definition) is 0. The molecule has 4 heteroatoms. The van der Waals surface area contributed by atoms with Crippen molar-refractivity contribution in [3.8, 4) is 45.0 Å². The van der Waals surface area contributed by atoms with Crippen molar-refractivity contribution < 1.29 is 0 Å². The molecule has 0 atom stereocenters. The fourth-order valence-corrected chi connectivity index (χ4v) is 9.99. The van der Waals surface area contributed by atoms with Crippen LogP contribution in [0.2, 0.25) is 0 Å². The molecule has 13 rings (SSSR count). The van der Waals surface area contributed by atoms with Crippen molar-refractivity contribution in [1.82, 2.24) is 19.1 Å². The van der Waals surface area contributed by atoms with Crippen molar-refractivity contribution in [3.63, 3.8) is 0 Å². The third kappa shape index (κ3) is 5.14. The number of nitrogens with zero attached hydrogens (tertiary/aromatic N) is 4. The van der Waals surface area contributed by atoms with E-state index in [4.69, 9.17) is 9.97 Å². The van der Waals surface area contributed by atoms with E-state index in [2.05, 4.69) is 215 Å². The average Bonchev–Trinajstić information content (AvgIpc) is 3.87. The van der Waals surface area contributed by atoms with Crippen LogP contribution in [-0.4, -0.2) is 19.1 Å². The predicted octanol–water partition coefficient (Wildman–Crippen LogP) is 15.1. The number of benzene rings is 10. The summed E-state index contributed by atoms with van der Waals surface area (Å²) in [7, 11) is 0. The Morgan fingerprint density at radius 3 is 1.74 bits per heavy atom. The van der Waals surface area contributed by atoms with Crippen LogP contribution < -0.4 is 0 Å². The molecule has 0 aliphatic rings. The van der Waals surface area contributed by atoms with Crippen LogP contribution in [0.5, 0.6) is 0 Å². The molecule has 0 fully saturated rings. The van der Waals surface area contributed by atoms with E-state index in [0.29, 0.717) is 0 Å². The van der Waals surface area contributed by atoms with Gasteiger partial charge >= 0.3 is 0 Å². The molecule has 10 aromatic carbocycles. The lowest BCUT2D eigenvalue weighted by atomic mass is 9.93. The average molecular weight is 789 g/mol. The second-order valence-corrected chi connectivity index (χ2v) is 16.1. The topological polar surface area (TPSA) is 35.6 Å². The second-order valence-electron chi connectivity index (χ2n) is 16.1. The minimum absolute atomic E-state index is 0.799. The molecule has 0 radical (unpaired) electrons. The molecular weight excluding hydrogens is 753 g/mol. The van der Waals surface area contributed by atoms with Gasteiger partial charge in [0.1, 0.15) is 5.69 Å². The van der Waals surface area contributed by atoms with E-state index in [9.17, 15) is 0 Å². The summed E-state index contributed by atoms with van der Waals surface area (Å²) >= 11 is 0. The van der Waals surface area contributed by atoms with Crippen molar-refractivity contribution in [2.45, 2.75) is 0 Å². The first kappa shape index (κ1) is 34.5. The monoisotopic (exact) mass is 788 g/mol. The minimum atomic E-state index is 0.799. The van der Waals surface area contributed by atoms with Gasteiger partial charge in [-0.1, -0.05) is 170 Å². The van der Waals surface area contributed by atoms with E-state index >= 15 is 0 Å². The molecule has 0 aliphatic heterocycles. The van der Waals surface area contributed by atoms with Gasteiger partial charge in [-0.2, -0.15) is 0 Å². The van der Waals surface area contributed by atoms with Crippen molar-refractivity contribution >= 4 is 76.2 Å². The second kappa shape index (κ2) is 13.6. The van der Waals surface area contributed by atoms with Gasteiger partial charge in [0, 0.05) is 32.8 Å². The molecule has 0 N–H and O–H groups in total. The summed E-state index contributed by atoms with van der Waals surface area (Å²) in [6, 6.07) is 78.5. The standard InChI is InChI=1S/C58H36N4/c1-3-16-37(17-4-1)41-33-34-48(45-23-10-9-22-44(41)45)57-58(60-50-27-13-12-26-49(50)59-57)62-52-29-15-25-43(56(52)55-42-21-8-7-18-38(42)31-35-53(55)62)39-30-32-47-46-24-11-14-28-51(46)61(54(47)36-39)40-19-5-2-6-20-40/h1-36H. The zero-order valence-corrected chi connectivity index (χ0v) is 33.6. The fraction of sp³-hybridized carbons (Fsp3) is 0. The highest BCUT2D eigenvalue weighted by atomic mass is 15.1. The molecule has 0 spiro atoms. The summed E-state index contributed by atoms with van der Waals surface area (Å²) in [5.41, 5.74) is 14.0.